The lowest BCUT2D eigenvalue weighted by Crippen LogP contribution is -2.63. The SMILES string of the molecule is Cc1cc(C(=O)NCC(=O)NC2CN(C3CCC(O)(c4nccs4)CC3)C2)cc(C(F)(F)F)c1.Cc1ccc(C(F)(F)F)cc1C(=O)NCC(=O)NC1CN(C2CCC(O)(c3nccs3)CC2)C1. The number of alkyl halides is 6. The van der Waals surface area contributed by atoms with Crippen molar-refractivity contribution in [3.63, 3.8) is 0 Å². The Labute approximate surface area is 396 Å². The van der Waals surface area contributed by atoms with Crippen molar-refractivity contribution in [2.75, 3.05) is 39.3 Å². The summed E-state index contributed by atoms with van der Waals surface area (Å²) >= 11 is 2.94. The van der Waals surface area contributed by atoms with Gasteiger partial charge in [0.05, 0.1) is 36.3 Å². The summed E-state index contributed by atoms with van der Waals surface area (Å²) in [4.78, 5) is 62.1. The van der Waals surface area contributed by atoms with Crippen molar-refractivity contribution in [2.45, 2.75) is 113 Å². The van der Waals surface area contributed by atoms with Gasteiger partial charge in [-0.2, -0.15) is 26.3 Å². The summed E-state index contributed by atoms with van der Waals surface area (Å²) in [5.41, 5.74) is -3.03. The fourth-order valence-corrected chi connectivity index (χ4v) is 10.8. The van der Waals surface area contributed by atoms with Gasteiger partial charge in [0.25, 0.3) is 11.8 Å². The third-order valence-electron chi connectivity index (χ3n) is 13.1. The van der Waals surface area contributed by atoms with Crippen LogP contribution < -0.4 is 21.3 Å². The Kier molecular flexibility index (Phi) is 15.7. The van der Waals surface area contributed by atoms with Crippen molar-refractivity contribution < 1.29 is 55.7 Å². The third-order valence-corrected chi connectivity index (χ3v) is 15.0. The monoisotopic (exact) mass is 992 g/mol. The number of hydrogen-bond acceptors (Lipinski definition) is 12. The number of nitrogens with one attached hydrogen (secondary N) is 4. The van der Waals surface area contributed by atoms with Crippen molar-refractivity contribution in [1.82, 2.24) is 41.0 Å². The van der Waals surface area contributed by atoms with Crippen LogP contribution in [-0.4, -0.2) is 117 Å². The van der Waals surface area contributed by atoms with E-state index in [9.17, 15) is 55.7 Å². The summed E-state index contributed by atoms with van der Waals surface area (Å²) in [6.45, 7) is 5.15. The Morgan fingerprint density at radius 1 is 0.662 bits per heavy atom. The molecule has 2 saturated heterocycles. The minimum absolute atomic E-state index is 0.0417. The number of halogens is 6. The molecule has 4 amide bonds. The van der Waals surface area contributed by atoms with Gasteiger partial charge in [0, 0.05) is 72.5 Å². The van der Waals surface area contributed by atoms with E-state index >= 15 is 0 Å². The summed E-state index contributed by atoms with van der Waals surface area (Å²) in [6.07, 6.45) is 0.323. The molecule has 4 fully saturated rings. The van der Waals surface area contributed by atoms with Crippen LogP contribution in [-0.2, 0) is 33.1 Å². The van der Waals surface area contributed by atoms with Crippen LogP contribution in [0.1, 0.15) is 104 Å². The van der Waals surface area contributed by atoms with E-state index in [-0.39, 0.29) is 48.1 Å². The molecular weight excluding hydrogens is 939 g/mol. The standard InChI is InChI=1S/2C23H27F3N4O3S/c1-14-8-15(10-16(9-14)23(24,25)26)20(32)28-11-19(31)29-17-12-30(13-17)18-2-4-22(33,5-3-18)21-27-6-7-34-21;1-14-2-3-15(23(24,25)26)10-18(14)20(32)28-11-19(31)29-16-12-30(13-16)17-4-6-22(33,7-5-17)21-27-8-9-34-21/h6-10,17-18,33H,2-5,11-13H2,1H3,(H,28,32)(H,29,31);2-3,8-10,16-17,33H,4-7,11-13H2,1H3,(H,28,32)(H,29,31). The minimum Gasteiger partial charge on any atom is -0.383 e. The van der Waals surface area contributed by atoms with Crippen molar-refractivity contribution in [3.8, 4) is 0 Å². The van der Waals surface area contributed by atoms with Crippen LogP contribution in [0.25, 0.3) is 0 Å². The highest BCUT2D eigenvalue weighted by molar-refractivity contribution is 7.09. The van der Waals surface area contributed by atoms with Crippen LogP contribution in [0.5, 0.6) is 0 Å². The number of carbonyl (C=O) groups excluding carboxylic acids is 4. The predicted octanol–water partition coefficient (Wildman–Crippen LogP) is 5.66. The summed E-state index contributed by atoms with van der Waals surface area (Å²) in [6, 6.07) is 6.67. The normalized spacial score (nSPS) is 23.9. The fraction of sp³-hybridized carbons (Fsp3) is 0.522. The Morgan fingerprint density at radius 3 is 1.54 bits per heavy atom. The number of thiazole rings is 2. The van der Waals surface area contributed by atoms with Gasteiger partial charge in [-0.05, 0) is 107 Å². The lowest BCUT2D eigenvalue weighted by Gasteiger charge is -2.47. The molecule has 22 heteroatoms. The molecule has 2 aliphatic carbocycles. The molecular formula is C46H54F6N8O6S2. The number of amides is 4. The number of aromatic nitrogens is 2. The molecule has 2 saturated carbocycles. The second kappa shape index (κ2) is 20.9. The number of benzene rings is 2. The zero-order chi connectivity index (χ0) is 49.0. The molecule has 68 heavy (non-hydrogen) atoms. The number of likely N-dealkylation sites (tertiary alicyclic amines) is 2. The molecule has 368 valence electrons. The van der Waals surface area contributed by atoms with Crippen molar-refractivity contribution in [2.24, 2.45) is 0 Å². The van der Waals surface area contributed by atoms with Crippen LogP contribution in [0.15, 0.2) is 59.6 Å². The van der Waals surface area contributed by atoms with E-state index in [1.54, 1.807) is 19.3 Å². The molecule has 2 aliphatic heterocycles. The highest BCUT2D eigenvalue weighted by Gasteiger charge is 2.43. The van der Waals surface area contributed by atoms with E-state index in [0.29, 0.717) is 75.1 Å². The Bertz CT molecular complexity index is 2390. The molecule has 4 heterocycles. The number of aliphatic hydroxyl groups is 2. The molecule has 0 radical (unpaired) electrons. The number of aryl methyl sites for hydroxylation is 2. The van der Waals surface area contributed by atoms with E-state index in [2.05, 4.69) is 41.0 Å². The largest absolute Gasteiger partial charge is 0.416 e. The molecule has 0 unspecified atom stereocenters. The molecule has 4 aliphatic rings. The van der Waals surface area contributed by atoms with E-state index in [1.165, 1.54) is 41.7 Å². The van der Waals surface area contributed by atoms with Gasteiger partial charge >= 0.3 is 12.4 Å². The van der Waals surface area contributed by atoms with Gasteiger partial charge < -0.3 is 31.5 Å². The summed E-state index contributed by atoms with van der Waals surface area (Å²) in [7, 11) is 0. The van der Waals surface area contributed by atoms with Crippen LogP contribution in [0.2, 0.25) is 0 Å². The smallest absolute Gasteiger partial charge is 0.383 e. The molecule has 6 N–H and O–H groups in total. The summed E-state index contributed by atoms with van der Waals surface area (Å²) in [5, 5.41) is 37.4. The first-order valence-electron chi connectivity index (χ1n) is 22.3. The van der Waals surface area contributed by atoms with E-state index in [0.717, 1.165) is 60.0 Å². The van der Waals surface area contributed by atoms with Gasteiger partial charge in [-0.15, -0.1) is 22.7 Å². The highest BCUT2D eigenvalue weighted by atomic mass is 32.1. The maximum atomic E-state index is 13.0. The number of carbonyl (C=O) groups is 4. The molecule has 8 rings (SSSR count). The first kappa shape index (κ1) is 50.9. The number of nitrogens with zero attached hydrogens (tertiary/aromatic N) is 4. The van der Waals surface area contributed by atoms with Gasteiger partial charge in [0.15, 0.2) is 0 Å². The van der Waals surface area contributed by atoms with E-state index in [4.69, 9.17) is 0 Å². The van der Waals surface area contributed by atoms with Crippen LogP contribution >= 0.6 is 22.7 Å². The highest BCUT2D eigenvalue weighted by Crippen LogP contribution is 2.42. The van der Waals surface area contributed by atoms with Crippen LogP contribution in [0.4, 0.5) is 26.3 Å². The summed E-state index contributed by atoms with van der Waals surface area (Å²) < 4.78 is 77.7. The third kappa shape index (κ3) is 12.6. The Morgan fingerprint density at radius 2 is 1.12 bits per heavy atom. The van der Waals surface area contributed by atoms with Gasteiger partial charge in [0.1, 0.15) is 21.2 Å². The summed E-state index contributed by atoms with van der Waals surface area (Å²) in [5.74, 6) is -2.22. The van der Waals surface area contributed by atoms with Crippen molar-refractivity contribution in [3.05, 3.63) is 103 Å². The minimum atomic E-state index is -4.55. The van der Waals surface area contributed by atoms with Gasteiger partial charge in [-0.25, -0.2) is 9.97 Å². The molecule has 4 aromatic rings. The predicted molar refractivity (Wildman–Crippen MR) is 241 cm³/mol. The first-order valence-corrected chi connectivity index (χ1v) is 24.1. The fourth-order valence-electron chi connectivity index (χ4n) is 9.23. The topological polar surface area (TPSA) is 189 Å². The van der Waals surface area contributed by atoms with E-state index < -0.39 is 46.5 Å². The Hall–Kier alpha value is -5.00. The lowest BCUT2D eigenvalue weighted by atomic mass is 9.81. The Balaban J connectivity index is 0.000000201. The molecule has 0 atom stereocenters. The zero-order valence-corrected chi connectivity index (χ0v) is 39.0. The maximum absolute atomic E-state index is 13.0. The average Bonchev–Trinajstić information content (AvgIpc) is 4.02. The van der Waals surface area contributed by atoms with Gasteiger partial charge in [0.2, 0.25) is 11.8 Å². The number of hydrogen-bond donors (Lipinski definition) is 6. The van der Waals surface area contributed by atoms with Crippen LogP contribution in [0.3, 0.4) is 0 Å². The molecule has 0 bridgehead atoms. The lowest BCUT2D eigenvalue weighted by molar-refractivity contribution is -0.138. The molecule has 14 nitrogen and oxygen atoms in total. The van der Waals surface area contributed by atoms with E-state index in [1.807, 2.05) is 10.8 Å². The average molecular weight is 993 g/mol. The molecule has 2 aromatic heterocycles. The molecule has 2 aromatic carbocycles. The second-order valence-corrected chi connectivity index (χ2v) is 19.9. The zero-order valence-electron chi connectivity index (χ0n) is 37.4. The van der Waals surface area contributed by atoms with Crippen molar-refractivity contribution in [1.29, 1.82) is 0 Å². The molecule has 0 spiro atoms. The van der Waals surface area contributed by atoms with Gasteiger partial charge in [-0.1, -0.05) is 6.07 Å². The van der Waals surface area contributed by atoms with Crippen LogP contribution in [0, 0.1) is 13.8 Å². The van der Waals surface area contributed by atoms with Gasteiger partial charge in [-0.3, -0.25) is 29.0 Å². The van der Waals surface area contributed by atoms with Crippen molar-refractivity contribution >= 4 is 46.3 Å². The second-order valence-electron chi connectivity index (χ2n) is 18.1. The maximum Gasteiger partial charge on any atom is 0.416 e. The number of rotatable bonds is 12. The first-order chi connectivity index (χ1) is 32.1. The quantitative estimate of drug-likeness (QED) is 0.0967.